The van der Waals surface area contributed by atoms with Crippen LogP contribution in [0.5, 0.6) is 0 Å². The van der Waals surface area contributed by atoms with E-state index in [1.54, 1.807) is 0 Å². The second-order valence-corrected chi connectivity index (χ2v) is 0.179. The van der Waals surface area contributed by atoms with Crippen LogP contribution in [0.3, 0.4) is 0 Å². The first-order chi connectivity index (χ1) is 2.83. The van der Waals surface area contributed by atoms with Gasteiger partial charge in [-0.1, -0.05) is 0 Å². The Morgan fingerprint density at radius 2 is 0.714 bits per heavy atom. The summed E-state index contributed by atoms with van der Waals surface area (Å²) in [6, 6.07) is 0. The quantitative estimate of drug-likeness (QED) is 0.272. The van der Waals surface area contributed by atoms with Crippen molar-refractivity contribution >= 4 is 27.3 Å². The molecule has 0 aromatic heterocycles. The van der Waals surface area contributed by atoms with E-state index >= 15 is 0 Å². The van der Waals surface area contributed by atoms with Gasteiger partial charge in [-0.25, -0.2) is 0 Å². The van der Waals surface area contributed by atoms with Gasteiger partial charge >= 0.3 is 27.3 Å². The van der Waals surface area contributed by atoms with Crippen LogP contribution in [0.15, 0.2) is 0 Å². The second kappa shape index (κ2) is 48.1. The number of hydrogen-bond donors (Lipinski definition) is 0. The van der Waals surface area contributed by atoms with E-state index in [-0.39, 0.29) is 27.3 Å². The Bertz CT molecular complexity index is 58.2. The van der Waals surface area contributed by atoms with Gasteiger partial charge in [0.1, 0.15) is 0 Å². The molecule has 7 heavy (non-hydrogen) atoms. The van der Waals surface area contributed by atoms with Gasteiger partial charge in [0.2, 0.25) is 0 Å². The fourth-order valence-corrected chi connectivity index (χ4v) is 0. The maximum atomic E-state index is 6.75. The molecule has 0 aliphatic rings. The van der Waals surface area contributed by atoms with Crippen LogP contribution in [0, 0.1) is 0 Å². The molecule has 0 bridgehead atoms. The molecule has 0 fully saturated rings. The van der Waals surface area contributed by atoms with Crippen LogP contribution in [0.4, 0.5) is 0 Å². The molecule has 0 saturated carbocycles. The molecule has 0 saturated heterocycles. The normalized spacial score (nSPS) is 2.29. The minimum atomic E-state index is 0. The molecule has 36 valence electrons. The molecular formula is H2N6Pb. The van der Waals surface area contributed by atoms with E-state index in [1.165, 1.54) is 9.82 Å². The standard InChI is InChI=1S/2N3.Pb.2H/c2*1-3-2;;;/q2*-1;+2;;. The van der Waals surface area contributed by atoms with Crippen molar-refractivity contribution < 1.29 is 0 Å². The number of rotatable bonds is 0. The first kappa shape index (κ1) is 16.0. The summed E-state index contributed by atoms with van der Waals surface area (Å²) in [6.45, 7) is 0. The SMILES string of the molecule is [N-]=[N+]=[N-].[N-]=[N+]=[N-].[PbH2+2]. The Balaban J connectivity index is -0.0000000400. The van der Waals surface area contributed by atoms with Gasteiger partial charge in [0.15, 0.2) is 0 Å². The Hall–Kier alpha value is -0.458. The Morgan fingerprint density at radius 1 is 0.714 bits per heavy atom. The predicted molar refractivity (Wildman–Crippen MR) is 28.7 cm³/mol. The molecule has 0 aliphatic carbocycles. The van der Waals surface area contributed by atoms with Gasteiger partial charge in [-0.3, -0.25) is 9.82 Å². The van der Waals surface area contributed by atoms with Crippen LogP contribution >= 0.6 is 0 Å². The summed E-state index contributed by atoms with van der Waals surface area (Å²) in [7, 11) is 0. The molecule has 0 unspecified atom stereocenters. The van der Waals surface area contributed by atoms with Crippen molar-refractivity contribution in [2.24, 2.45) is 0 Å². The van der Waals surface area contributed by atoms with Crippen molar-refractivity contribution in [3.63, 3.8) is 0 Å². The van der Waals surface area contributed by atoms with Crippen molar-refractivity contribution in [3.05, 3.63) is 31.9 Å². The van der Waals surface area contributed by atoms with Crippen LogP contribution in [-0.4, -0.2) is 27.3 Å². The third-order valence-electron chi connectivity index (χ3n) is 0. The fourth-order valence-electron chi connectivity index (χ4n) is 0. The summed E-state index contributed by atoms with van der Waals surface area (Å²) in [4.78, 5) is 3.00. The Kier molecular flexibility index (Phi) is 110. The van der Waals surface area contributed by atoms with E-state index in [0.29, 0.717) is 0 Å². The van der Waals surface area contributed by atoms with Crippen molar-refractivity contribution in [1.29, 1.82) is 0 Å². The van der Waals surface area contributed by atoms with Crippen LogP contribution in [-0.2, 0) is 0 Å². The van der Waals surface area contributed by atoms with Gasteiger partial charge in [-0.2, -0.15) is 0 Å². The topological polar surface area (TPSA) is 117 Å². The van der Waals surface area contributed by atoms with Gasteiger partial charge in [-0.05, 0) is 0 Å². The van der Waals surface area contributed by atoms with E-state index in [9.17, 15) is 0 Å². The third kappa shape index (κ3) is 332. The van der Waals surface area contributed by atoms with Crippen LogP contribution < -0.4 is 0 Å². The van der Waals surface area contributed by atoms with E-state index in [0.717, 1.165) is 0 Å². The first-order valence-electron chi connectivity index (χ1n) is 0.800. The van der Waals surface area contributed by atoms with Gasteiger partial charge < -0.3 is 22.1 Å². The second-order valence-electron chi connectivity index (χ2n) is 0.179. The first-order valence-corrected chi connectivity index (χ1v) is 0.800. The molecule has 0 amide bonds. The summed E-state index contributed by atoms with van der Waals surface area (Å²) in [5, 5.41) is 0. The van der Waals surface area contributed by atoms with Crippen molar-refractivity contribution in [1.82, 2.24) is 0 Å². The molecule has 6 nitrogen and oxygen atoms in total. The number of nitrogens with zero attached hydrogens (tertiary/aromatic N) is 6. The molecule has 0 aliphatic heterocycles. The molecule has 0 N–H and O–H groups in total. The summed E-state index contributed by atoms with van der Waals surface area (Å²) < 4.78 is 0. The summed E-state index contributed by atoms with van der Waals surface area (Å²) in [5.74, 6) is 0. The van der Waals surface area contributed by atoms with Crippen molar-refractivity contribution in [3.8, 4) is 0 Å². The molecule has 7 heteroatoms. The molecule has 0 radical (unpaired) electrons. The van der Waals surface area contributed by atoms with Gasteiger partial charge in [0.25, 0.3) is 0 Å². The monoisotopic (exact) mass is 294 g/mol. The third-order valence-corrected chi connectivity index (χ3v) is 0. The van der Waals surface area contributed by atoms with Crippen LogP contribution in [0.1, 0.15) is 0 Å². The van der Waals surface area contributed by atoms with E-state index in [1.807, 2.05) is 0 Å². The van der Waals surface area contributed by atoms with Gasteiger partial charge in [0, 0.05) is 0 Å². The van der Waals surface area contributed by atoms with E-state index < -0.39 is 0 Å². The zero-order chi connectivity index (χ0) is 5.41. The average Bonchev–Trinajstić information content (AvgIpc) is 1.39. The number of hydrogen-bond acceptors (Lipinski definition) is 0. The summed E-state index contributed by atoms with van der Waals surface area (Å²) in [5.41, 5.74) is 27.0. The summed E-state index contributed by atoms with van der Waals surface area (Å²) in [6.07, 6.45) is 0. The molecule has 0 rings (SSSR count). The van der Waals surface area contributed by atoms with Gasteiger partial charge in [-0.15, -0.1) is 0 Å². The Labute approximate surface area is 59.5 Å². The zero-order valence-electron chi connectivity index (χ0n) is 3.39. The maximum absolute atomic E-state index is 6.75. The molecule has 0 atom stereocenters. The van der Waals surface area contributed by atoms with E-state index in [4.69, 9.17) is 22.1 Å². The fraction of sp³-hybridized carbons (Fsp3) is 0. The zero-order valence-corrected chi connectivity index (χ0v) is 8.89. The molecule has 0 aromatic rings. The molecule has 0 heterocycles. The Morgan fingerprint density at radius 3 is 0.714 bits per heavy atom. The van der Waals surface area contributed by atoms with Gasteiger partial charge in [0.05, 0.1) is 0 Å². The van der Waals surface area contributed by atoms with Crippen molar-refractivity contribution in [2.45, 2.75) is 0 Å². The predicted octanol–water partition coefficient (Wildman–Crippen LogP) is 0.816. The van der Waals surface area contributed by atoms with E-state index in [2.05, 4.69) is 0 Å². The minimum absolute atomic E-state index is 0. The molecule has 0 spiro atoms. The molecule has 0 aromatic carbocycles. The van der Waals surface area contributed by atoms with Crippen LogP contribution in [0.2, 0.25) is 0 Å². The summed E-state index contributed by atoms with van der Waals surface area (Å²) >= 11 is 0. The van der Waals surface area contributed by atoms with Crippen LogP contribution in [0.25, 0.3) is 31.9 Å². The molecular weight excluding hydrogens is 291 g/mol. The average molecular weight is 293 g/mol. The van der Waals surface area contributed by atoms with Crippen molar-refractivity contribution in [2.75, 3.05) is 0 Å².